The van der Waals surface area contributed by atoms with E-state index in [0.717, 1.165) is 0 Å². The highest BCUT2D eigenvalue weighted by Crippen LogP contribution is 2.12. The minimum absolute atomic E-state index is 0.179. The Hall–Kier alpha value is -0.930. The van der Waals surface area contributed by atoms with E-state index in [-0.39, 0.29) is 5.57 Å². The molecule has 0 aliphatic rings. The zero-order chi connectivity index (χ0) is 7.98. The van der Waals surface area contributed by atoms with Gasteiger partial charge in [0.25, 0.3) is 0 Å². The van der Waals surface area contributed by atoms with Crippen molar-refractivity contribution in [3.63, 3.8) is 0 Å². The fourth-order valence-corrected chi connectivity index (χ4v) is 0.795. The van der Waals surface area contributed by atoms with E-state index in [9.17, 15) is 0 Å². The van der Waals surface area contributed by atoms with Gasteiger partial charge in [-0.05, 0) is 5.41 Å². The molecular weight excluding hydrogens is 144 g/mol. The number of nitriles is 2. The second-order valence-electron chi connectivity index (χ2n) is 1.94. The van der Waals surface area contributed by atoms with Gasteiger partial charge in [-0.15, -0.1) is 11.8 Å². The Morgan fingerprint density at radius 3 is 2.20 bits per heavy atom. The molecular formula is C7H8N2S. The number of hydrogen-bond acceptors (Lipinski definition) is 3. The number of hydrogen-bond donors (Lipinski definition) is 0. The zero-order valence-electron chi connectivity index (χ0n) is 5.96. The highest BCUT2D eigenvalue weighted by Gasteiger charge is 1.93. The molecule has 3 heteroatoms. The van der Waals surface area contributed by atoms with Crippen LogP contribution in [-0.4, -0.2) is 5.25 Å². The normalized spacial score (nSPS) is 8.10. The molecule has 0 aromatic heterocycles. The van der Waals surface area contributed by atoms with Crippen LogP contribution in [0.5, 0.6) is 0 Å². The van der Waals surface area contributed by atoms with Crippen LogP contribution >= 0.6 is 11.8 Å². The lowest BCUT2D eigenvalue weighted by atomic mass is 10.4. The van der Waals surface area contributed by atoms with Gasteiger partial charge in [-0.25, -0.2) is 0 Å². The van der Waals surface area contributed by atoms with Gasteiger partial charge in [0, 0.05) is 5.25 Å². The smallest absolute Gasteiger partial charge is 0.135 e. The highest BCUT2D eigenvalue weighted by atomic mass is 32.2. The second-order valence-corrected chi connectivity index (χ2v) is 3.39. The first-order chi connectivity index (χ1) is 4.70. The third kappa shape index (κ3) is 4.00. The molecule has 0 saturated carbocycles. The molecule has 0 saturated heterocycles. The summed E-state index contributed by atoms with van der Waals surface area (Å²) in [6, 6.07) is 3.57. The van der Waals surface area contributed by atoms with E-state index in [4.69, 9.17) is 10.5 Å². The SMILES string of the molecule is CC(C)SC=C(C#N)C#N. The summed E-state index contributed by atoms with van der Waals surface area (Å²) < 4.78 is 0. The van der Waals surface area contributed by atoms with Crippen molar-refractivity contribution < 1.29 is 0 Å². The summed E-state index contributed by atoms with van der Waals surface area (Å²) in [5, 5.41) is 18.6. The van der Waals surface area contributed by atoms with Gasteiger partial charge in [0.1, 0.15) is 17.7 Å². The van der Waals surface area contributed by atoms with Crippen molar-refractivity contribution in [1.82, 2.24) is 0 Å². The summed E-state index contributed by atoms with van der Waals surface area (Å²) in [4.78, 5) is 0. The molecule has 0 unspecified atom stereocenters. The molecule has 0 fully saturated rings. The number of rotatable bonds is 2. The molecule has 0 aromatic rings. The summed E-state index contributed by atoms with van der Waals surface area (Å²) in [7, 11) is 0. The molecule has 2 nitrogen and oxygen atoms in total. The maximum absolute atomic E-state index is 8.28. The van der Waals surface area contributed by atoms with Gasteiger partial charge in [0.2, 0.25) is 0 Å². The van der Waals surface area contributed by atoms with Crippen molar-refractivity contribution in [1.29, 1.82) is 10.5 Å². The molecule has 0 aliphatic heterocycles. The van der Waals surface area contributed by atoms with Gasteiger partial charge in [0.05, 0.1) is 0 Å². The Labute approximate surface area is 65.1 Å². The topological polar surface area (TPSA) is 47.6 Å². The van der Waals surface area contributed by atoms with Crippen molar-refractivity contribution in [3.05, 3.63) is 11.0 Å². The molecule has 52 valence electrons. The van der Waals surface area contributed by atoms with Crippen LogP contribution in [0, 0.1) is 22.7 Å². The van der Waals surface area contributed by atoms with E-state index in [2.05, 4.69) is 0 Å². The molecule has 0 rings (SSSR count). The van der Waals surface area contributed by atoms with E-state index in [0.29, 0.717) is 5.25 Å². The van der Waals surface area contributed by atoms with Crippen molar-refractivity contribution >= 4 is 11.8 Å². The molecule has 0 spiro atoms. The summed E-state index contributed by atoms with van der Waals surface area (Å²) in [5.41, 5.74) is 0.179. The van der Waals surface area contributed by atoms with E-state index in [1.165, 1.54) is 11.8 Å². The molecule has 0 radical (unpaired) electrons. The molecule has 0 aromatic carbocycles. The zero-order valence-corrected chi connectivity index (χ0v) is 6.77. The lowest BCUT2D eigenvalue weighted by molar-refractivity contribution is 1.12. The summed E-state index contributed by atoms with van der Waals surface area (Å²) in [6.07, 6.45) is 0. The van der Waals surface area contributed by atoms with Crippen molar-refractivity contribution in [3.8, 4) is 12.1 Å². The molecule has 0 N–H and O–H groups in total. The number of thioether (sulfide) groups is 1. The predicted octanol–water partition coefficient (Wildman–Crippen LogP) is 2.06. The average Bonchev–Trinajstić information content (AvgIpc) is 1.90. The first-order valence-corrected chi connectivity index (χ1v) is 3.80. The summed E-state index contributed by atoms with van der Waals surface area (Å²) in [5.74, 6) is 0. The number of nitrogens with zero attached hydrogens (tertiary/aromatic N) is 2. The predicted molar refractivity (Wildman–Crippen MR) is 42.0 cm³/mol. The van der Waals surface area contributed by atoms with Crippen LogP contribution in [0.2, 0.25) is 0 Å². The maximum atomic E-state index is 8.28. The first kappa shape index (κ1) is 9.07. The fourth-order valence-electron chi connectivity index (χ4n) is 0.282. The summed E-state index contributed by atoms with van der Waals surface area (Å²) >= 11 is 1.48. The quantitative estimate of drug-likeness (QED) is 0.569. The van der Waals surface area contributed by atoms with Gasteiger partial charge in [-0.2, -0.15) is 10.5 Å². The Morgan fingerprint density at radius 1 is 1.40 bits per heavy atom. The molecule has 0 bridgehead atoms. The van der Waals surface area contributed by atoms with Crippen LogP contribution in [0.4, 0.5) is 0 Å². The fraction of sp³-hybridized carbons (Fsp3) is 0.429. The Bertz CT molecular complexity index is 189. The molecule has 0 amide bonds. The first-order valence-electron chi connectivity index (χ1n) is 2.86. The monoisotopic (exact) mass is 152 g/mol. The number of allylic oxidation sites excluding steroid dienone is 1. The van der Waals surface area contributed by atoms with Gasteiger partial charge in [0.15, 0.2) is 0 Å². The Morgan fingerprint density at radius 2 is 1.90 bits per heavy atom. The van der Waals surface area contributed by atoms with Crippen LogP contribution in [0.3, 0.4) is 0 Å². The third-order valence-electron chi connectivity index (χ3n) is 0.699. The van der Waals surface area contributed by atoms with Crippen LogP contribution in [0.15, 0.2) is 11.0 Å². The second kappa shape index (κ2) is 4.90. The molecule has 0 heterocycles. The minimum atomic E-state index is 0.179. The van der Waals surface area contributed by atoms with Crippen LogP contribution in [0.25, 0.3) is 0 Å². The van der Waals surface area contributed by atoms with Crippen molar-refractivity contribution in [2.24, 2.45) is 0 Å². The highest BCUT2D eigenvalue weighted by molar-refractivity contribution is 8.02. The lowest BCUT2D eigenvalue weighted by Gasteiger charge is -1.94. The van der Waals surface area contributed by atoms with Gasteiger partial charge >= 0.3 is 0 Å². The van der Waals surface area contributed by atoms with Crippen LogP contribution in [0.1, 0.15) is 13.8 Å². The van der Waals surface area contributed by atoms with Crippen molar-refractivity contribution in [2.75, 3.05) is 0 Å². The minimum Gasteiger partial charge on any atom is -0.192 e. The largest absolute Gasteiger partial charge is 0.192 e. The van der Waals surface area contributed by atoms with Gasteiger partial charge < -0.3 is 0 Å². The van der Waals surface area contributed by atoms with E-state index >= 15 is 0 Å². The maximum Gasteiger partial charge on any atom is 0.135 e. The lowest BCUT2D eigenvalue weighted by Crippen LogP contribution is -1.81. The average molecular weight is 152 g/mol. The molecule has 10 heavy (non-hydrogen) atoms. The van der Waals surface area contributed by atoms with Crippen LogP contribution in [-0.2, 0) is 0 Å². The van der Waals surface area contributed by atoms with Gasteiger partial charge in [-0.1, -0.05) is 13.8 Å². The molecule has 0 atom stereocenters. The Balaban J connectivity index is 3.94. The molecule has 0 aliphatic carbocycles. The summed E-state index contributed by atoms with van der Waals surface area (Å²) in [6.45, 7) is 4.01. The van der Waals surface area contributed by atoms with Crippen molar-refractivity contribution in [2.45, 2.75) is 19.1 Å². The third-order valence-corrected chi connectivity index (χ3v) is 1.62. The Kier molecular flexibility index (Phi) is 4.45. The van der Waals surface area contributed by atoms with E-state index < -0.39 is 0 Å². The van der Waals surface area contributed by atoms with E-state index in [1.54, 1.807) is 17.5 Å². The van der Waals surface area contributed by atoms with Crippen LogP contribution < -0.4 is 0 Å². The van der Waals surface area contributed by atoms with E-state index in [1.807, 2.05) is 13.8 Å². The standard InChI is InChI=1S/C7H8N2S/c1-6(2)10-5-7(3-8)4-9/h5-6H,1-2H3. The van der Waals surface area contributed by atoms with Gasteiger partial charge in [-0.3, -0.25) is 0 Å².